The molecule has 0 bridgehead atoms. The molecule has 3 aliphatic rings. The largest absolute Gasteiger partial charge is 0.361 e. The van der Waals surface area contributed by atoms with Gasteiger partial charge >= 0.3 is 0 Å². The Labute approximate surface area is 165 Å². The lowest BCUT2D eigenvalue weighted by Crippen LogP contribution is -2.48. The van der Waals surface area contributed by atoms with Crippen molar-refractivity contribution in [2.75, 3.05) is 13.1 Å². The lowest BCUT2D eigenvalue weighted by molar-refractivity contribution is -0.133. The SMILES string of the molecule is O=C(Cc1c[nH]c2ccccc12)NCC12CCC=C1N(CC1CC1)C(=O)CC2. The van der Waals surface area contributed by atoms with Gasteiger partial charge in [0.15, 0.2) is 0 Å². The quantitative estimate of drug-likeness (QED) is 0.809. The van der Waals surface area contributed by atoms with Crippen molar-refractivity contribution in [1.29, 1.82) is 0 Å². The monoisotopic (exact) mass is 377 g/mol. The number of nitrogens with one attached hydrogen (secondary N) is 2. The first-order valence-electron chi connectivity index (χ1n) is 10.5. The normalized spacial score (nSPS) is 24.4. The molecular formula is C23H27N3O2. The second kappa shape index (κ2) is 6.80. The first-order chi connectivity index (χ1) is 13.6. The number of amides is 2. The van der Waals surface area contributed by atoms with Gasteiger partial charge in [0.05, 0.1) is 6.42 Å². The second-order valence-electron chi connectivity index (χ2n) is 8.67. The molecular weight excluding hydrogens is 350 g/mol. The number of carbonyl (C=O) groups excluding carboxylic acids is 2. The summed E-state index contributed by atoms with van der Waals surface area (Å²) in [6.07, 6.45) is 10.5. The number of hydrogen-bond acceptors (Lipinski definition) is 2. The van der Waals surface area contributed by atoms with Gasteiger partial charge in [0.1, 0.15) is 0 Å². The molecule has 1 unspecified atom stereocenters. The standard InChI is InChI=1S/C23H27N3O2/c27-21(12-17-13-24-19-5-2-1-4-18(17)19)25-15-23-10-3-6-20(23)26(14-16-7-8-16)22(28)9-11-23/h1-2,4-6,13,16,24H,3,7-12,14-15H2,(H,25,27). The van der Waals surface area contributed by atoms with Crippen molar-refractivity contribution in [1.82, 2.24) is 15.2 Å². The number of aromatic amines is 1. The van der Waals surface area contributed by atoms with Gasteiger partial charge in [0, 0.05) is 47.7 Å². The highest BCUT2D eigenvalue weighted by molar-refractivity contribution is 5.89. The maximum Gasteiger partial charge on any atom is 0.226 e. The zero-order valence-electron chi connectivity index (χ0n) is 16.2. The fourth-order valence-electron chi connectivity index (χ4n) is 4.90. The molecule has 1 atom stereocenters. The van der Waals surface area contributed by atoms with Crippen LogP contribution in [0.25, 0.3) is 10.9 Å². The van der Waals surface area contributed by atoms with Gasteiger partial charge in [-0.15, -0.1) is 0 Å². The Morgan fingerprint density at radius 3 is 2.96 bits per heavy atom. The van der Waals surface area contributed by atoms with E-state index in [4.69, 9.17) is 0 Å². The van der Waals surface area contributed by atoms with Crippen LogP contribution in [0.4, 0.5) is 0 Å². The van der Waals surface area contributed by atoms with Gasteiger partial charge in [-0.1, -0.05) is 24.3 Å². The van der Waals surface area contributed by atoms with Crippen LogP contribution in [0.1, 0.15) is 44.1 Å². The molecule has 5 nitrogen and oxygen atoms in total. The van der Waals surface area contributed by atoms with Crippen molar-refractivity contribution in [2.24, 2.45) is 11.3 Å². The molecule has 2 fully saturated rings. The summed E-state index contributed by atoms with van der Waals surface area (Å²) in [6, 6.07) is 8.07. The first-order valence-corrected chi connectivity index (χ1v) is 10.5. The Morgan fingerprint density at radius 1 is 1.25 bits per heavy atom. The van der Waals surface area contributed by atoms with Gasteiger partial charge in [-0.2, -0.15) is 0 Å². The van der Waals surface area contributed by atoms with Crippen LogP contribution in [-0.4, -0.2) is 34.8 Å². The van der Waals surface area contributed by atoms with Gasteiger partial charge in [-0.25, -0.2) is 0 Å². The van der Waals surface area contributed by atoms with Crippen LogP contribution in [-0.2, 0) is 16.0 Å². The van der Waals surface area contributed by atoms with Gasteiger partial charge in [-0.3, -0.25) is 9.59 Å². The van der Waals surface area contributed by atoms with Gasteiger partial charge in [-0.05, 0) is 49.7 Å². The number of benzene rings is 1. The lowest BCUT2D eigenvalue weighted by Gasteiger charge is -2.42. The number of fused-ring (bicyclic) bond motifs is 2. The molecule has 28 heavy (non-hydrogen) atoms. The van der Waals surface area contributed by atoms with E-state index in [0.29, 0.717) is 25.3 Å². The molecule has 5 heteroatoms. The van der Waals surface area contributed by atoms with Gasteiger partial charge < -0.3 is 15.2 Å². The topological polar surface area (TPSA) is 65.2 Å². The maximum atomic E-state index is 12.7. The van der Waals surface area contributed by atoms with Crippen LogP contribution in [0.15, 0.2) is 42.2 Å². The predicted octanol–water partition coefficient (Wildman–Crippen LogP) is 3.52. The van der Waals surface area contributed by atoms with Crippen molar-refractivity contribution in [2.45, 2.75) is 44.9 Å². The van der Waals surface area contributed by atoms with E-state index in [1.165, 1.54) is 18.5 Å². The number of carbonyl (C=O) groups is 2. The highest BCUT2D eigenvalue weighted by Gasteiger charge is 2.46. The molecule has 2 N–H and O–H groups in total. The van der Waals surface area contributed by atoms with E-state index in [-0.39, 0.29) is 17.2 Å². The lowest BCUT2D eigenvalue weighted by atomic mass is 9.76. The minimum atomic E-state index is -0.0569. The summed E-state index contributed by atoms with van der Waals surface area (Å²) in [6.45, 7) is 1.50. The third kappa shape index (κ3) is 3.13. The van der Waals surface area contributed by atoms with Crippen molar-refractivity contribution >= 4 is 22.7 Å². The fourth-order valence-corrected chi connectivity index (χ4v) is 4.90. The van der Waals surface area contributed by atoms with Crippen LogP contribution in [0.3, 0.4) is 0 Å². The number of rotatable bonds is 6. The number of aromatic nitrogens is 1. The van der Waals surface area contributed by atoms with E-state index in [2.05, 4.69) is 16.4 Å². The minimum Gasteiger partial charge on any atom is -0.361 e. The van der Waals surface area contributed by atoms with Crippen LogP contribution in [0.5, 0.6) is 0 Å². The molecule has 2 heterocycles. The van der Waals surface area contributed by atoms with Gasteiger partial charge in [0.2, 0.25) is 11.8 Å². The number of H-pyrrole nitrogens is 1. The Bertz CT molecular complexity index is 956. The second-order valence-corrected chi connectivity index (χ2v) is 8.67. The average molecular weight is 377 g/mol. The van der Waals surface area contributed by atoms with E-state index in [1.54, 1.807) is 0 Å². The van der Waals surface area contributed by atoms with E-state index >= 15 is 0 Å². The number of nitrogens with zero attached hydrogens (tertiary/aromatic N) is 1. The zero-order valence-corrected chi connectivity index (χ0v) is 16.2. The minimum absolute atomic E-state index is 0.0519. The zero-order chi connectivity index (χ0) is 19.1. The highest BCUT2D eigenvalue weighted by atomic mass is 16.2. The number of para-hydroxylation sites is 1. The molecule has 0 radical (unpaired) electrons. The highest BCUT2D eigenvalue weighted by Crippen LogP contribution is 2.48. The maximum absolute atomic E-state index is 12.7. The number of piperidine rings is 1. The summed E-state index contributed by atoms with van der Waals surface area (Å²) < 4.78 is 0. The van der Waals surface area contributed by atoms with Crippen molar-refractivity contribution in [3.8, 4) is 0 Å². The predicted molar refractivity (Wildman–Crippen MR) is 108 cm³/mol. The number of likely N-dealkylation sites (tertiary alicyclic amines) is 1. The van der Waals surface area contributed by atoms with Crippen molar-refractivity contribution in [3.63, 3.8) is 0 Å². The Morgan fingerprint density at radius 2 is 2.11 bits per heavy atom. The Hall–Kier alpha value is -2.56. The molecule has 1 aromatic heterocycles. The molecule has 2 aromatic rings. The molecule has 1 aliphatic heterocycles. The third-order valence-electron chi connectivity index (χ3n) is 6.70. The van der Waals surface area contributed by atoms with Crippen LogP contribution < -0.4 is 5.32 Å². The summed E-state index contributed by atoms with van der Waals surface area (Å²) in [5, 5.41) is 4.30. The fraction of sp³-hybridized carbons (Fsp3) is 0.478. The molecule has 1 saturated heterocycles. The number of allylic oxidation sites excluding steroid dienone is 1. The van der Waals surface area contributed by atoms with Crippen molar-refractivity contribution < 1.29 is 9.59 Å². The first kappa shape index (κ1) is 17.5. The summed E-state index contributed by atoms with van der Waals surface area (Å²) in [4.78, 5) is 30.5. The molecule has 0 spiro atoms. The molecule has 1 saturated carbocycles. The summed E-state index contributed by atoms with van der Waals surface area (Å²) in [7, 11) is 0. The summed E-state index contributed by atoms with van der Waals surface area (Å²) in [5.74, 6) is 0.995. The molecule has 2 amide bonds. The molecule has 2 aliphatic carbocycles. The Kier molecular flexibility index (Phi) is 4.26. The molecule has 1 aromatic carbocycles. The smallest absolute Gasteiger partial charge is 0.226 e. The summed E-state index contributed by atoms with van der Waals surface area (Å²) >= 11 is 0. The van der Waals surface area contributed by atoms with E-state index in [9.17, 15) is 9.59 Å². The molecule has 5 rings (SSSR count). The van der Waals surface area contributed by atoms with Crippen molar-refractivity contribution in [3.05, 3.63) is 47.8 Å². The third-order valence-corrected chi connectivity index (χ3v) is 6.70. The van der Waals surface area contributed by atoms with E-state index in [1.807, 2.05) is 35.4 Å². The van der Waals surface area contributed by atoms with Crippen LogP contribution in [0, 0.1) is 11.3 Å². The van der Waals surface area contributed by atoms with E-state index < -0.39 is 0 Å². The van der Waals surface area contributed by atoms with Crippen LogP contribution >= 0.6 is 0 Å². The van der Waals surface area contributed by atoms with Crippen LogP contribution in [0.2, 0.25) is 0 Å². The average Bonchev–Trinajstić information content (AvgIpc) is 3.28. The van der Waals surface area contributed by atoms with Gasteiger partial charge in [0.25, 0.3) is 0 Å². The van der Waals surface area contributed by atoms with E-state index in [0.717, 1.165) is 42.3 Å². The Balaban J connectivity index is 1.27. The number of hydrogen-bond donors (Lipinski definition) is 2. The molecule has 146 valence electrons. The summed E-state index contributed by atoms with van der Waals surface area (Å²) in [5.41, 5.74) is 3.22.